The Bertz CT molecular complexity index is 584. The number of hydrogen-bond donors (Lipinski definition) is 0. The molecule has 2 aromatic rings. The van der Waals surface area contributed by atoms with Gasteiger partial charge in [0.25, 0.3) is 0 Å². The van der Waals surface area contributed by atoms with Crippen LogP contribution in [0.2, 0.25) is 0 Å². The maximum absolute atomic E-state index is 5.57. The molecule has 0 heterocycles. The summed E-state index contributed by atoms with van der Waals surface area (Å²) >= 11 is 1.89. The molecule has 2 heteroatoms. The summed E-state index contributed by atoms with van der Waals surface area (Å²) in [6, 6.07) is 13.3. The third-order valence-electron chi connectivity index (χ3n) is 3.53. The van der Waals surface area contributed by atoms with E-state index in [9.17, 15) is 0 Å². The molecular formula is C19H26OS. The van der Waals surface area contributed by atoms with Gasteiger partial charge in [-0.2, -0.15) is 0 Å². The summed E-state index contributed by atoms with van der Waals surface area (Å²) in [6.45, 7) is 10.7. The number of ether oxygens (including phenoxy) is 1. The van der Waals surface area contributed by atoms with Crippen LogP contribution in [0.1, 0.15) is 39.7 Å². The smallest absolute Gasteiger partial charge is 0.0560 e. The zero-order valence-corrected chi connectivity index (χ0v) is 14.4. The van der Waals surface area contributed by atoms with Crippen LogP contribution in [-0.4, -0.2) is 19.0 Å². The zero-order valence-electron chi connectivity index (χ0n) is 13.6. The van der Waals surface area contributed by atoms with Crippen LogP contribution in [-0.2, 0) is 10.2 Å². The maximum atomic E-state index is 5.57. The molecule has 0 fully saturated rings. The molecule has 0 amide bonds. The molecule has 0 radical (unpaired) electrons. The number of thioether (sulfide) groups is 1. The van der Waals surface area contributed by atoms with Crippen molar-refractivity contribution in [3.63, 3.8) is 0 Å². The van der Waals surface area contributed by atoms with E-state index in [-0.39, 0.29) is 5.41 Å². The molecule has 2 rings (SSSR count). The van der Waals surface area contributed by atoms with Gasteiger partial charge in [0.05, 0.1) is 6.61 Å². The number of fused-ring (bicyclic) bond motifs is 1. The highest BCUT2D eigenvalue weighted by Gasteiger charge is 2.17. The van der Waals surface area contributed by atoms with Gasteiger partial charge in [0, 0.05) is 17.3 Å². The lowest BCUT2D eigenvalue weighted by atomic mass is 9.84. The topological polar surface area (TPSA) is 9.23 Å². The van der Waals surface area contributed by atoms with E-state index >= 15 is 0 Å². The first kappa shape index (κ1) is 16.4. The van der Waals surface area contributed by atoms with Crippen molar-refractivity contribution < 1.29 is 4.74 Å². The quantitative estimate of drug-likeness (QED) is 0.503. The Morgan fingerprint density at radius 3 is 2.33 bits per heavy atom. The summed E-state index contributed by atoms with van der Waals surface area (Å²) in [7, 11) is 0. The zero-order chi connectivity index (χ0) is 15.3. The predicted molar refractivity (Wildman–Crippen MR) is 94.5 cm³/mol. The molecule has 0 N–H and O–H groups in total. The van der Waals surface area contributed by atoms with Gasteiger partial charge in [0.2, 0.25) is 0 Å². The number of benzene rings is 2. The summed E-state index contributed by atoms with van der Waals surface area (Å²) < 4.78 is 5.57. The van der Waals surface area contributed by atoms with Crippen LogP contribution < -0.4 is 0 Å². The molecular weight excluding hydrogens is 276 g/mol. The molecule has 21 heavy (non-hydrogen) atoms. The third-order valence-corrected chi connectivity index (χ3v) is 4.56. The summed E-state index contributed by atoms with van der Waals surface area (Å²) in [4.78, 5) is 1.36. The molecule has 0 aliphatic rings. The number of rotatable bonds is 6. The highest BCUT2D eigenvalue weighted by atomic mass is 32.2. The first-order chi connectivity index (χ1) is 10.0. The highest BCUT2D eigenvalue weighted by molar-refractivity contribution is 7.99. The Labute approximate surface area is 133 Å². The van der Waals surface area contributed by atoms with Gasteiger partial charge >= 0.3 is 0 Å². The van der Waals surface area contributed by atoms with E-state index < -0.39 is 0 Å². The molecule has 0 unspecified atom stereocenters. The van der Waals surface area contributed by atoms with Crippen molar-refractivity contribution in [3.8, 4) is 0 Å². The highest BCUT2D eigenvalue weighted by Crippen LogP contribution is 2.35. The molecule has 114 valence electrons. The molecule has 0 saturated heterocycles. The van der Waals surface area contributed by atoms with Crippen LogP contribution in [0, 0.1) is 0 Å². The van der Waals surface area contributed by atoms with Crippen molar-refractivity contribution in [2.24, 2.45) is 0 Å². The van der Waals surface area contributed by atoms with Gasteiger partial charge in [0.1, 0.15) is 0 Å². The second-order valence-electron chi connectivity index (χ2n) is 6.37. The second kappa shape index (κ2) is 7.33. The van der Waals surface area contributed by atoms with Crippen LogP contribution in [0.25, 0.3) is 10.8 Å². The first-order valence-electron chi connectivity index (χ1n) is 7.77. The maximum Gasteiger partial charge on any atom is 0.0560 e. The fourth-order valence-corrected chi connectivity index (χ4v) is 3.43. The second-order valence-corrected chi connectivity index (χ2v) is 7.50. The van der Waals surface area contributed by atoms with E-state index in [2.05, 4.69) is 64.1 Å². The largest absolute Gasteiger partial charge is 0.381 e. The lowest BCUT2D eigenvalue weighted by Crippen LogP contribution is -2.11. The first-order valence-corrected chi connectivity index (χ1v) is 8.75. The Hall–Kier alpha value is -0.990. The van der Waals surface area contributed by atoms with Crippen LogP contribution in [0.3, 0.4) is 0 Å². The van der Waals surface area contributed by atoms with Crippen LogP contribution in [0.4, 0.5) is 0 Å². The predicted octanol–water partition coefficient (Wildman–Crippen LogP) is 5.66. The molecule has 0 aliphatic carbocycles. The van der Waals surface area contributed by atoms with Gasteiger partial charge in [-0.25, -0.2) is 0 Å². The van der Waals surface area contributed by atoms with Crippen molar-refractivity contribution in [2.75, 3.05) is 19.0 Å². The fraction of sp³-hybridized carbons (Fsp3) is 0.474. The van der Waals surface area contributed by atoms with Gasteiger partial charge < -0.3 is 4.74 Å². The normalized spacial score (nSPS) is 12.0. The minimum Gasteiger partial charge on any atom is -0.381 e. The summed E-state index contributed by atoms with van der Waals surface area (Å²) in [5, 5.41) is 2.75. The molecule has 0 aliphatic heterocycles. The van der Waals surface area contributed by atoms with Crippen LogP contribution in [0.5, 0.6) is 0 Å². The van der Waals surface area contributed by atoms with E-state index in [0.29, 0.717) is 0 Å². The van der Waals surface area contributed by atoms with E-state index in [1.54, 1.807) is 0 Å². The average molecular weight is 302 g/mol. The molecule has 2 aromatic carbocycles. The molecule has 0 saturated carbocycles. The lowest BCUT2D eigenvalue weighted by molar-refractivity contribution is 0.151. The molecule has 1 nitrogen and oxygen atoms in total. The van der Waals surface area contributed by atoms with E-state index in [1.165, 1.54) is 21.2 Å². The standard InChI is InChI=1S/C19H26OS/c1-5-12-20-13-14-21-18-11-10-17(19(2,3)4)15-8-6-7-9-16(15)18/h6-11H,5,12-14H2,1-4H3. The summed E-state index contributed by atoms with van der Waals surface area (Å²) in [6.07, 6.45) is 1.09. The summed E-state index contributed by atoms with van der Waals surface area (Å²) in [5.41, 5.74) is 1.59. The summed E-state index contributed by atoms with van der Waals surface area (Å²) in [5.74, 6) is 1.01. The lowest BCUT2D eigenvalue weighted by Gasteiger charge is -2.22. The van der Waals surface area contributed by atoms with Crippen molar-refractivity contribution in [1.29, 1.82) is 0 Å². The van der Waals surface area contributed by atoms with Gasteiger partial charge in [0.15, 0.2) is 0 Å². The molecule has 0 bridgehead atoms. The average Bonchev–Trinajstić information content (AvgIpc) is 2.45. The van der Waals surface area contributed by atoms with E-state index in [0.717, 1.165) is 25.4 Å². The Morgan fingerprint density at radius 2 is 1.67 bits per heavy atom. The van der Waals surface area contributed by atoms with Crippen molar-refractivity contribution >= 4 is 22.5 Å². The molecule has 0 atom stereocenters. The fourth-order valence-electron chi connectivity index (χ4n) is 2.51. The SMILES string of the molecule is CCCOCCSc1ccc(C(C)(C)C)c2ccccc12. The van der Waals surface area contributed by atoms with Crippen molar-refractivity contribution in [3.05, 3.63) is 42.0 Å². The van der Waals surface area contributed by atoms with Crippen molar-refractivity contribution in [1.82, 2.24) is 0 Å². The van der Waals surface area contributed by atoms with Crippen LogP contribution in [0.15, 0.2) is 41.3 Å². The Balaban J connectivity index is 2.22. The minimum absolute atomic E-state index is 0.174. The van der Waals surface area contributed by atoms with Crippen molar-refractivity contribution in [2.45, 2.75) is 44.4 Å². The van der Waals surface area contributed by atoms with E-state index in [4.69, 9.17) is 4.74 Å². The van der Waals surface area contributed by atoms with Gasteiger partial charge in [-0.3, -0.25) is 0 Å². The Morgan fingerprint density at radius 1 is 0.952 bits per heavy atom. The van der Waals surface area contributed by atoms with E-state index in [1.807, 2.05) is 11.8 Å². The van der Waals surface area contributed by atoms with Gasteiger partial charge in [-0.1, -0.05) is 58.0 Å². The van der Waals surface area contributed by atoms with Gasteiger partial charge in [-0.05, 0) is 34.2 Å². The van der Waals surface area contributed by atoms with Crippen LogP contribution >= 0.6 is 11.8 Å². The molecule has 0 spiro atoms. The Kier molecular flexibility index (Phi) is 5.72. The number of hydrogen-bond acceptors (Lipinski definition) is 2. The molecule has 0 aromatic heterocycles. The van der Waals surface area contributed by atoms with Gasteiger partial charge in [-0.15, -0.1) is 11.8 Å². The monoisotopic (exact) mass is 302 g/mol. The third kappa shape index (κ3) is 4.24. The minimum atomic E-state index is 0.174.